The molecule has 2 rings (SSSR count). The summed E-state index contributed by atoms with van der Waals surface area (Å²) in [6.07, 6.45) is 0.599. The molecule has 142 valence electrons. The number of amides is 1. The highest BCUT2D eigenvalue weighted by Crippen LogP contribution is 2.34. The lowest BCUT2D eigenvalue weighted by atomic mass is 10.1. The Morgan fingerprint density at radius 3 is 2.42 bits per heavy atom. The average molecular weight is 402 g/mol. The summed E-state index contributed by atoms with van der Waals surface area (Å²) in [7, 11) is 4.16. The maximum atomic E-state index is 12.4. The van der Waals surface area contributed by atoms with Crippen molar-refractivity contribution in [2.24, 2.45) is 5.73 Å². The van der Waals surface area contributed by atoms with Crippen LogP contribution in [0, 0.1) is 0 Å². The molecule has 0 aliphatic heterocycles. The first kappa shape index (κ1) is 21.7. The number of ether oxygens (including phenoxy) is 3. The SMILES string of the molecule is COC(=O)c1cc(OC)c(OC)cc1NC(=O)c1csc(CCN)n1.Cl. The fraction of sp³-hybridized carbons (Fsp3) is 0.312. The number of methoxy groups -OCH3 is 3. The quantitative estimate of drug-likeness (QED) is 0.683. The molecule has 0 radical (unpaired) electrons. The number of rotatable bonds is 7. The van der Waals surface area contributed by atoms with Gasteiger partial charge in [0.15, 0.2) is 11.5 Å². The van der Waals surface area contributed by atoms with E-state index in [1.165, 1.54) is 44.8 Å². The molecule has 3 N–H and O–H groups in total. The molecule has 26 heavy (non-hydrogen) atoms. The van der Waals surface area contributed by atoms with Crippen LogP contribution in [0.2, 0.25) is 0 Å². The first-order chi connectivity index (χ1) is 12.0. The number of nitrogens with one attached hydrogen (secondary N) is 1. The first-order valence-corrected chi connectivity index (χ1v) is 8.22. The molecule has 0 atom stereocenters. The van der Waals surface area contributed by atoms with Crippen LogP contribution in [-0.4, -0.2) is 44.7 Å². The summed E-state index contributed by atoms with van der Waals surface area (Å²) < 4.78 is 15.2. The third-order valence-corrected chi connectivity index (χ3v) is 4.23. The molecular formula is C16H20ClN3O5S. The number of carbonyl (C=O) groups excluding carboxylic acids is 2. The summed E-state index contributed by atoms with van der Waals surface area (Å²) in [6, 6.07) is 2.94. The van der Waals surface area contributed by atoms with Crippen LogP contribution in [0.3, 0.4) is 0 Å². The zero-order valence-corrected chi connectivity index (χ0v) is 16.2. The van der Waals surface area contributed by atoms with Crippen molar-refractivity contribution < 1.29 is 23.8 Å². The zero-order chi connectivity index (χ0) is 18.4. The summed E-state index contributed by atoms with van der Waals surface area (Å²) in [5.74, 6) is -0.345. The van der Waals surface area contributed by atoms with Crippen LogP contribution in [0.5, 0.6) is 11.5 Å². The highest BCUT2D eigenvalue weighted by atomic mass is 35.5. The highest BCUT2D eigenvalue weighted by Gasteiger charge is 2.20. The molecule has 0 bridgehead atoms. The molecule has 8 nitrogen and oxygen atoms in total. The van der Waals surface area contributed by atoms with Gasteiger partial charge < -0.3 is 25.3 Å². The van der Waals surface area contributed by atoms with E-state index in [0.717, 1.165) is 5.01 Å². The van der Waals surface area contributed by atoms with Gasteiger partial charge in [0.05, 0.1) is 37.6 Å². The number of thiazole rings is 1. The molecule has 0 aliphatic carbocycles. The van der Waals surface area contributed by atoms with Gasteiger partial charge >= 0.3 is 5.97 Å². The number of anilines is 1. The lowest BCUT2D eigenvalue weighted by molar-refractivity contribution is 0.0601. The van der Waals surface area contributed by atoms with Gasteiger partial charge in [-0.1, -0.05) is 0 Å². The van der Waals surface area contributed by atoms with Crippen molar-refractivity contribution in [1.29, 1.82) is 0 Å². The fourth-order valence-electron chi connectivity index (χ4n) is 2.10. The van der Waals surface area contributed by atoms with E-state index in [-0.39, 0.29) is 29.4 Å². The fourth-order valence-corrected chi connectivity index (χ4v) is 2.90. The Morgan fingerprint density at radius 1 is 1.19 bits per heavy atom. The second-order valence-electron chi connectivity index (χ2n) is 4.86. The molecule has 0 saturated carbocycles. The van der Waals surface area contributed by atoms with Crippen molar-refractivity contribution in [2.75, 3.05) is 33.2 Å². The second-order valence-corrected chi connectivity index (χ2v) is 5.81. The number of nitrogens with zero attached hydrogens (tertiary/aromatic N) is 1. The molecule has 0 unspecified atom stereocenters. The van der Waals surface area contributed by atoms with Crippen molar-refractivity contribution in [3.8, 4) is 11.5 Å². The standard InChI is InChI=1S/C16H19N3O5S.ClH/c1-22-12-6-9(16(21)24-3)10(7-13(12)23-2)19-15(20)11-8-25-14(18-11)4-5-17;/h6-8H,4-5,17H2,1-3H3,(H,19,20);1H. The van der Waals surface area contributed by atoms with Crippen molar-refractivity contribution in [3.63, 3.8) is 0 Å². The molecule has 2 aromatic rings. The minimum absolute atomic E-state index is 0. The van der Waals surface area contributed by atoms with E-state index >= 15 is 0 Å². The lowest BCUT2D eigenvalue weighted by Gasteiger charge is -2.14. The monoisotopic (exact) mass is 401 g/mol. The van der Waals surface area contributed by atoms with Crippen LogP contribution in [-0.2, 0) is 11.2 Å². The minimum Gasteiger partial charge on any atom is -0.493 e. The Labute approximate surface area is 161 Å². The van der Waals surface area contributed by atoms with Crippen LogP contribution < -0.4 is 20.5 Å². The number of hydrogen-bond donors (Lipinski definition) is 2. The summed E-state index contributed by atoms with van der Waals surface area (Å²) in [5.41, 5.74) is 6.12. The molecule has 0 saturated heterocycles. The van der Waals surface area contributed by atoms with Crippen LogP contribution in [0.25, 0.3) is 0 Å². The van der Waals surface area contributed by atoms with Gasteiger partial charge in [0.25, 0.3) is 5.91 Å². The van der Waals surface area contributed by atoms with E-state index in [1.54, 1.807) is 5.38 Å². The van der Waals surface area contributed by atoms with Crippen LogP contribution in [0.1, 0.15) is 25.9 Å². The number of esters is 1. The average Bonchev–Trinajstić information content (AvgIpc) is 3.09. The summed E-state index contributed by atoms with van der Waals surface area (Å²) in [5, 5.41) is 5.07. The van der Waals surface area contributed by atoms with Crippen LogP contribution in [0.4, 0.5) is 5.69 Å². The predicted molar refractivity (Wildman–Crippen MR) is 101 cm³/mol. The number of nitrogens with two attached hydrogens (primary N) is 1. The maximum absolute atomic E-state index is 12.4. The molecule has 1 heterocycles. The number of hydrogen-bond acceptors (Lipinski definition) is 8. The third kappa shape index (κ3) is 4.84. The number of benzene rings is 1. The minimum atomic E-state index is -0.613. The topological polar surface area (TPSA) is 113 Å². The van der Waals surface area contributed by atoms with Gasteiger partial charge in [0.1, 0.15) is 5.69 Å². The summed E-state index contributed by atoms with van der Waals surface area (Å²) >= 11 is 1.35. The molecule has 0 spiro atoms. The summed E-state index contributed by atoms with van der Waals surface area (Å²) in [6.45, 7) is 0.455. The van der Waals surface area contributed by atoms with Crippen LogP contribution >= 0.6 is 23.7 Å². The molecule has 10 heteroatoms. The Morgan fingerprint density at radius 2 is 1.85 bits per heavy atom. The van der Waals surface area contributed by atoms with Crippen LogP contribution in [0.15, 0.2) is 17.5 Å². The normalized spacial score (nSPS) is 9.85. The number of halogens is 1. The third-order valence-electron chi connectivity index (χ3n) is 3.32. The molecule has 1 aromatic carbocycles. The van der Waals surface area contributed by atoms with E-state index in [2.05, 4.69) is 10.3 Å². The van der Waals surface area contributed by atoms with E-state index in [4.69, 9.17) is 19.9 Å². The van der Waals surface area contributed by atoms with E-state index in [0.29, 0.717) is 24.5 Å². The van der Waals surface area contributed by atoms with Gasteiger partial charge in [-0.15, -0.1) is 23.7 Å². The van der Waals surface area contributed by atoms with E-state index in [9.17, 15) is 9.59 Å². The van der Waals surface area contributed by atoms with Crippen molar-refractivity contribution in [3.05, 3.63) is 33.8 Å². The largest absolute Gasteiger partial charge is 0.493 e. The number of carbonyl (C=O) groups is 2. The Hall–Kier alpha value is -2.36. The van der Waals surface area contributed by atoms with Gasteiger partial charge in [-0.05, 0) is 6.54 Å². The second kappa shape index (κ2) is 9.95. The van der Waals surface area contributed by atoms with Crippen molar-refractivity contribution >= 4 is 41.3 Å². The Balaban J connectivity index is 0.00000338. The lowest BCUT2D eigenvalue weighted by Crippen LogP contribution is -2.16. The van der Waals surface area contributed by atoms with E-state index in [1.807, 2.05) is 0 Å². The van der Waals surface area contributed by atoms with Gasteiger partial charge in [0.2, 0.25) is 0 Å². The molecule has 0 aliphatic rings. The number of aromatic nitrogens is 1. The Bertz CT molecular complexity index is 781. The molecule has 0 fully saturated rings. The Kier molecular flexibility index (Phi) is 8.30. The predicted octanol–water partition coefficient (Wildman–Crippen LogP) is 2.12. The van der Waals surface area contributed by atoms with Gasteiger partial charge in [-0.2, -0.15) is 0 Å². The smallest absolute Gasteiger partial charge is 0.340 e. The molecule has 1 aromatic heterocycles. The molecular weight excluding hydrogens is 382 g/mol. The van der Waals surface area contributed by atoms with Crippen molar-refractivity contribution in [1.82, 2.24) is 4.98 Å². The van der Waals surface area contributed by atoms with Gasteiger partial charge in [0, 0.05) is 23.9 Å². The summed E-state index contributed by atoms with van der Waals surface area (Å²) in [4.78, 5) is 28.7. The highest BCUT2D eigenvalue weighted by molar-refractivity contribution is 7.09. The van der Waals surface area contributed by atoms with Crippen molar-refractivity contribution in [2.45, 2.75) is 6.42 Å². The maximum Gasteiger partial charge on any atom is 0.340 e. The zero-order valence-electron chi connectivity index (χ0n) is 14.5. The van der Waals surface area contributed by atoms with Gasteiger partial charge in [-0.3, -0.25) is 4.79 Å². The molecule has 1 amide bonds. The first-order valence-electron chi connectivity index (χ1n) is 7.34. The van der Waals surface area contributed by atoms with E-state index < -0.39 is 11.9 Å². The van der Waals surface area contributed by atoms with Gasteiger partial charge in [-0.25, -0.2) is 9.78 Å².